The number of hydrogen-bond acceptors (Lipinski definition) is 0. The third-order valence-corrected chi connectivity index (χ3v) is 2.89. The molecule has 50 valence electrons. The Hall–Kier alpha value is -0.260. The van der Waals surface area contributed by atoms with E-state index in [9.17, 15) is 0 Å². The van der Waals surface area contributed by atoms with Gasteiger partial charge in [0.25, 0.3) is 0 Å². The fraction of sp³-hybridized carbons (Fsp3) is 0.778. The van der Waals surface area contributed by atoms with Crippen molar-refractivity contribution < 1.29 is 0 Å². The number of allylic oxidation sites excluding steroid dienone is 2. The molecular weight excluding hydrogens is 108 g/mol. The molecule has 2 aliphatic carbocycles. The van der Waals surface area contributed by atoms with Crippen molar-refractivity contribution in [3.05, 3.63) is 11.6 Å². The lowest BCUT2D eigenvalue weighted by atomic mass is 9.88. The molecule has 0 aliphatic heterocycles. The fourth-order valence-corrected chi connectivity index (χ4v) is 1.69. The molecule has 9 heavy (non-hydrogen) atoms. The second-order valence-corrected chi connectivity index (χ2v) is 3.75. The number of rotatable bonds is 0. The third kappa shape index (κ3) is 0.910. The zero-order valence-electron chi connectivity index (χ0n) is 6.11. The van der Waals surface area contributed by atoms with Crippen LogP contribution in [0.4, 0.5) is 0 Å². The summed E-state index contributed by atoms with van der Waals surface area (Å²) < 4.78 is 0. The normalized spacial score (nSPS) is 30.1. The Bertz CT molecular complexity index is 149. The molecule has 1 fully saturated rings. The van der Waals surface area contributed by atoms with Crippen LogP contribution in [-0.4, -0.2) is 0 Å². The van der Waals surface area contributed by atoms with Crippen LogP contribution in [0.3, 0.4) is 0 Å². The van der Waals surface area contributed by atoms with Crippen molar-refractivity contribution in [2.45, 2.75) is 39.0 Å². The maximum atomic E-state index is 2.44. The molecule has 0 aromatic carbocycles. The van der Waals surface area contributed by atoms with Crippen LogP contribution in [0.25, 0.3) is 0 Å². The molecule has 0 N–H and O–H groups in total. The second-order valence-electron chi connectivity index (χ2n) is 3.75. The summed E-state index contributed by atoms with van der Waals surface area (Å²) in [4.78, 5) is 0. The van der Waals surface area contributed by atoms with Crippen molar-refractivity contribution in [3.63, 3.8) is 0 Å². The van der Waals surface area contributed by atoms with E-state index in [1.54, 1.807) is 5.57 Å². The highest BCUT2D eigenvalue weighted by molar-refractivity contribution is 5.11. The molecule has 2 aliphatic rings. The molecular formula is C9H14. The van der Waals surface area contributed by atoms with Gasteiger partial charge in [-0.1, -0.05) is 11.6 Å². The lowest BCUT2D eigenvalue weighted by Crippen LogP contribution is -2.03. The van der Waals surface area contributed by atoms with Crippen LogP contribution in [-0.2, 0) is 0 Å². The van der Waals surface area contributed by atoms with E-state index in [4.69, 9.17) is 0 Å². The van der Waals surface area contributed by atoms with E-state index in [0.29, 0.717) is 0 Å². The van der Waals surface area contributed by atoms with Crippen molar-refractivity contribution in [3.8, 4) is 0 Å². The Labute approximate surface area is 57.0 Å². The quantitative estimate of drug-likeness (QED) is 0.433. The van der Waals surface area contributed by atoms with Crippen LogP contribution in [0.1, 0.15) is 39.0 Å². The van der Waals surface area contributed by atoms with E-state index >= 15 is 0 Å². The Kier molecular flexibility index (Phi) is 0.992. The van der Waals surface area contributed by atoms with Gasteiger partial charge in [-0.25, -0.2) is 0 Å². The minimum atomic E-state index is 0.833. The average molecular weight is 122 g/mol. The lowest BCUT2D eigenvalue weighted by Gasteiger charge is -2.18. The average Bonchev–Trinajstić information content (AvgIpc) is 2.60. The zero-order chi connectivity index (χ0) is 6.32. The maximum absolute atomic E-state index is 2.44. The van der Waals surface area contributed by atoms with E-state index in [1.807, 2.05) is 0 Å². The molecule has 0 heteroatoms. The van der Waals surface area contributed by atoms with E-state index in [-0.39, 0.29) is 0 Å². The Morgan fingerprint density at radius 1 is 1.33 bits per heavy atom. The van der Waals surface area contributed by atoms with Gasteiger partial charge in [-0.3, -0.25) is 0 Å². The highest BCUT2D eigenvalue weighted by Gasteiger charge is 2.41. The van der Waals surface area contributed by atoms with Crippen molar-refractivity contribution in [2.75, 3.05) is 0 Å². The molecule has 0 saturated heterocycles. The predicted octanol–water partition coefficient (Wildman–Crippen LogP) is 2.90. The fourth-order valence-electron chi connectivity index (χ4n) is 1.69. The monoisotopic (exact) mass is 122 g/mol. The third-order valence-electron chi connectivity index (χ3n) is 2.89. The largest absolute Gasteiger partial charge is 0.0851 e. The first-order valence-electron chi connectivity index (χ1n) is 3.96. The van der Waals surface area contributed by atoms with Gasteiger partial charge in [0, 0.05) is 0 Å². The molecule has 0 aromatic rings. The van der Waals surface area contributed by atoms with Gasteiger partial charge in [0.05, 0.1) is 0 Å². The summed E-state index contributed by atoms with van der Waals surface area (Å²) in [6, 6.07) is 0. The van der Waals surface area contributed by atoms with Gasteiger partial charge in [-0.2, -0.15) is 0 Å². The topological polar surface area (TPSA) is 0 Å². The van der Waals surface area contributed by atoms with Crippen LogP contribution in [0.2, 0.25) is 0 Å². The Balaban J connectivity index is 2.07. The lowest BCUT2D eigenvalue weighted by molar-refractivity contribution is 0.450. The van der Waals surface area contributed by atoms with Crippen molar-refractivity contribution in [1.82, 2.24) is 0 Å². The molecule has 0 atom stereocenters. The first-order chi connectivity index (χ1) is 4.31. The zero-order valence-corrected chi connectivity index (χ0v) is 6.11. The molecule has 0 unspecified atom stereocenters. The highest BCUT2D eigenvalue weighted by atomic mass is 14.5. The smallest absolute Gasteiger partial charge is 0.0259 e. The predicted molar refractivity (Wildman–Crippen MR) is 39.3 cm³/mol. The van der Waals surface area contributed by atoms with Gasteiger partial charge in [-0.15, -0.1) is 0 Å². The van der Waals surface area contributed by atoms with Crippen LogP contribution < -0.4 is 0 Å². The molecule has 0 nitrogen and oxygen atoms in total. The van der Waals surface area contributed by atoms with Gasteiger partial charge in [0.15, 0.2) is 0 Å². The van der Waals surface area contributed by atoms with Crippen LogP contribution >= 0.6 is 0 Å². The summed E-state index contributed by atoms with van der Waals surface area (Å²) in [7, 11) is 0. The summed E-state index contributed by atoms with van der Waals surface area (Å²) in [6.07, 6.45) is 9.71. The summed E-state index contributed by atoms with van der Waals surface area (Å²) in [5.74, 6) is 0. The Morgan fingerprint density at radius 3 is 2.56 bits per heavy atom. The number of hydrogen-bond donors (Lipinski definition) is 0. The van der Waals surface area contributed by atoms with Crippen LogP contribution in [0, 0.1) is 5.41 Å². The van der Waals surface area contributed by atoms with Crippen LogP contribution in [0.5, 0.6) is 0 Å². The molecule has 0 radical (unpaired) electrons. The van der Waals surface area contributed by atoms with Gasteiger partial charge in [0.2, 0.25) is 0 Å². The minimum Gasteiger partial charge on any atom is -0.0851 e. The van der Waals surface area contributed by atoms with E-state index in [0.717, 1.165) is 5.41 Å². The van der Waals surface area contributed by atoms with Crippen LogP contribution in [0.15, 0.2) is 11.6 Å². The minimum absolute atomic E-state index is 0.833. The first-order valence-corrected chi connectivity index (χ1v) is 3.96. The molecule has 1 saturated carbocycles. The molecule has 0 amide bonds. The summed E-state index contributed by atoms with van der Waals surface area (Å²) in [5, 5.41) is 0. The molecule has 0 bridgehead atoms. The SMILES string of the molecule is CC1=CCC2(CC1)CC2. The standard InChI is InChI=1S/C9H14/c1-8-2-4-9(5-3-8)6-7-9/h2H,3-7H2,1H3. The van der Waals surface area contributed by atoms with E-state index < -0.39 is 0 Å². The Morgan fingerprint density at radius 2 is 2.11 bits per heavy atom. The molecule has 0 aromatic heterocycles. The molecule has 2 rings (SSSR count). The van der Waals surface area contributed by atoms with Gasteiger partial charge < -0.3 is 0 Å². The highest BCUT2D eigenvalue weighted by Crippen LogP contribution is 2.55. The summed E-state index contributed by atoms with van der Waals surface area (Å²) in [5.41, 5.74) is 2.45. The van der Waals surface area contributed by atoms with Crippen molar-refractivity contribution in [1.29, 1.82) is 0 Å². The van der Waals surface area contributed by atoms with E-state index in [1.165, 1.54) is 32.1 Å². The van der Waals surface area contributed by atoms with Crippen molar-refractivity contribution >= 4 is 0 Å². The summed E-state index contributed by atoms with van der Waals surface area (Å²) >= 11 is 0. The van der Waals surface area contributed by atoms with Gasteiger partial charge >= 0.3 is 0 Å². The summed E-state index contributed by atoms with van der Waals surface area (Å²) in [6.45, 7) is 2.26. The first kappa shape index (κ1) is 5.52. The molecule has 0 heterocycles. The molecule has 1 spiro atoms. The van der Waals surface area contributed by atoms with Gasteiger partial charge in [-0.05, 0) is 44.4 Å². The van der Waals surface area contributed by atoms with Gasteiger partial charge in [0.1, 0.15) is 0 Å². The second kappa shape index (κ2) is 1.62. The van der Waals surface area contributed by atoms with E-state index in [2.05, 4.69) is 13.0 Å². The maximum Gasteiger partial charge on any atom is -0.0259 e. The van der Waals surface area contributed by atoms with Crippen molar-refractivity contribution in [2.24, 2.45) is 5.41 Å².